The molecule has 0 aromatic carbocycles. The first kappa shape index (κ1) is 12.3. The van der Waals surface area contributed by atoms with Gasteiger partial charge in [-0.15, -0.1) is 0 Å². The molecule has 1 aliphatic heterocycles. The molecule has 4 nitrogen and oxygen atoms in total. The average molecular weight is 229 g/mol. The zero-order valence-electron chi connectivity index (χ0n) is 10.1. The summed E-state index contributed by atoms with van der Waals surface area (Å²) in [6, 6.07) is 0.587. The van der Waals surface area contributed by atoms with E-state index in [0.717, 1.165) is 32.8 Å². The van der Waals surface area contributed by atoms with Crippen LogP contribution in [0.2, 0.25) is 0 Å². The molecule has 1 N–H and O–H groups in total. The zero-order valence-corrected chi connectivity index (χ0v) is 10.1. The first-order chi connectivity index (χ1) is 7.88. The van der Waals surface area contributed by atoms with Gasteiger partial charge in [0.1, 0.15) is 0 Å². The maximum Gasteiger partial charge on any atom is 0.0933 e. The Kier molecular flexibility index (Phi) is 5.03. The summed E-state index contributed by atoms with van der Waals surface area (Å²) in [6.07, 6.45) is 5.53. The summed E-state index contributed by atoms with van der Waals surface area (Å²) in [7, 11) is 1.81. The van der Waals surface area contributed by atoms with E-state index in [2.05, 4.69) is 5.32 Å². The lowest BCUT2D eigenvalue weighted by Gasteiger charge is -2.31. The third kappa shape index (κ3) is 3.70. The smallest absolute Gasteiger partial charge is 0.0933 e. The van der Waals surface area contributed by atoms with Gasteiger partial charge in [-0.2, -0.15) is 0 Å². The van der Waals surface area contributed by atoms with Crippen LogP contribution in [0.3, 0.4) is 0 Å². The number of nitrogens with one attached hydrogen (secondary N) is 1. The minimum absolute atomic E-state index is 0.233. The van der Waals surface area contributed by atoms with Crippen molar-refractivity contribution in [1.82, 2.24) is 5.32 Å². The van der Waals surface area contributed by atoms with Crippen molar-refractivity contribution in [3.63, 3.8) is 0 Å². The van der Waals surface area contributed by atoms with Gasteiger partial charge in [0.25, 0.3) is 0 Å². The largest absolute Gasteiger partial charge is 0.381 e. The number of methoxy groups -OCH3 is 1. The molecule has 0 bridgehead atoms. The van der Waals surface area contributed by atoms with Gasteiger partial charge in [-0.1, -0.05) is 0 Å². The molecule has 2 rings (SSSR count). The van der Waals surface area contributed by atoms with Crippen molar-refractivity contribution < 1.29 is 14.2 Å². The van der Waals surface area contributed by atoms with Crippen LogP contribution in [0.15, 0.2) is 0 Å². The molecule has 3 unspecified atom stereocenters. The van der Waals surface area contributed by atoms with Gasteiger partial charge in [-0.25, -0.2) is 0 Å². The molecule has 0 aromatic rings. The highest BCUT2D eigenvalue weighted by atomic mass is 16.6. The standard InChI is InChI=1S/C12H23NO3/c1-14-11-4-2-3-10(7-11)13-8-12-9-15-5-6-16-12/h10-13H,2-9H2,1H3. The Morgan fingerprint density at radius 2 is 2.25 bits per heavy atom. The molecule has 2 fully saturated rings. The van der Waals surface area contributed by atoms with E-state index in [4.69, 9.17) is 14.2 Å². The third-order valence-electron chi connectivity index (χ3n) is 3.48. The third-order valence-corrected chi connectivity index (χ3v) is 3.48. The second kappa shape index (κ2) is 6.55. The second-order valence-electron chi connectivity index (χ2n) is 4.70. The summed E-state index contributed by atoms with van der Waals surface area (Å²) in [5.74, 6) is 0. The van der Waals surface area contributed by atoms with E-state index in [-0.39, 0.29) is 6.10 Å². The average Bonchev–Trinajstić information content (AvgIpc) is 2.38. The van der Waals surface area contributed by atoms with Gasteiger partial charge in [0.05, 0.1) is 32.0 Å². The van der Waals surface area contributed by atoms with Crippen LogP contribution in [-0.2, 0) is 14.2 Å². The summed E-state index contributed by atoms with van der Waals surface area (Å²) >= 11 is 0. The molecule has 0 spiro atoms. The highest BCUT2D eigenvalue weighted by Gasteiger charge is 2.22. The van der Waals surface area contributed by atoms with Crippen molar-refractivity contribution >= 4 is 0 Å². The van der Waals surface area contributed by atoms with Gasteiger partial charge >= 0.3 is 0 Å². The van der Waals surface area contributed by atoms with Crippen molar-refractivity contribution in [2.75, 3.05) is 33.5 Å². The lowest BCUT2D eigenvalue weighted by atomic mass is 9.93. The van der Waals surface area contributed by atoms with Crippen LogP contribution in [0, 0.1) is 0 Å². The van der Waals surface area contributed by atoms with Gasteiger partial charge in [0, 0.05) is 19.7 Å². The van der Waals surface area contributed by atoms with Crippen LogP contribution in [-0.4, -0.2) is 51.7 Å². The first-order valence-electron chi connectivity index (χ1n) is 6.34. The van der Waals surface area contributed by atoms with Gasteiger partial charge < -0.3 is 19.5 Å². The molecule has 2 aliphatic rings. The molecule has 0 amide bonds. The lowest BCUT2D eigenvalue weighted by Crippen LogP contribution is -2.44. The molecule has 0 aromatic heterocycles. The number of hydrogen-bond acceptors (Lipinski definition) is 4. The van der Waals surface area contributed by atoms with Crippen LogP contribution in [0.4, 0.5) is 0 Å². The first-order valence-corrected chi connectivity index (χ1v) is 6.34. The van der Waals surface area contributed by atoms with Crippen LogP contribution in [0.1, 0.15) is 25.7 Å². The number of hydrogen-bond donors (Lipinski definition) is 1. The van der Waals surface area contributed by atoms with Crippen molar-refractivity contribution in [2.24, 2.45) is 0 Å². The van der Waals surface area contributed by atoms with E-state index in [1.54, 1.807) is 0 Å². The molecular formula is C12H23NO3. The molecule has 1 saturated carbocycles. The maximum atomic E-state index is 5.60. The highest BCUT2D eigenvalue weighted by Crippen LogP contribution is 2.20. The Hall–Kier alpha value is -0.160. The zero-order chi connectivity index (χ0) is 11.2. The molecule has 1 heterocycles. The van der Waals surface area contributed by atoms with E-state index in [9.17, 15) is 0 Å². The van der Waals surface area contributed by atoms with Gasteiger partial charge in [-0.3, -0.25) is 0 Å². The molecule has 1 aliphatic carbocycles. The van der Waals surface area contributed by atoms with E-state index >= 15 is 0 Å². The molecule has 0 radical (unpaired) electrons. The topological polar surface area (TPSA) is 39.7 Å². The van der Waals surface area contributed by atoms with Gasteiger partial charge in [-0.05, 0) is 25.7 Å². The highest BCUT2D eigenvalue weighted by molar-refractivity contribution is 4.79. The predicted octanol–water partition coefficient (Wildman–Crippen LogP) is 0.949. The van der Waals surface area contributed by atoms with E-state index in [1.807, 2.05) is 7.11 Å². The van der Waals surface area contributed by atoms with E-state index in [1.165, 1.54) is 19.3 Å². The fraction of sp³-hybridized carbons (Fsp3) is 1.00. The SMILES string of the molecule is COC1CCCC(NCC2COCCO2)C1. The van der Waals surface area contributed by atoms with E-state index in [0.29, 0.717) is 12.1 Å². The molecule has 1 saturated heterocycles. The molecular weight excluding hydrogens is 206 g/mol. The predicted molar refractivity (Wildman–Crippen MR) is 61.6 cm³/mol. The Bertz CT molecular complexity index is 195. The van der Waals surface area contributed by atoms with Crippen molar-refractivity contribution in [3.8, 4) is 0 Å². The lowest BCUT2D eigenvalue weighted by molar-refractivity contribution is -0.0877. The molecule has 94 valence electrons. The molecule has 3 atom stereocenters. The minimum atomic E-state index is 0.233. The van der Waals surface area contributed by atoms with Crippen molar-refractivity contribution in [3.05, 3.63) is 0 Å². The van der Waals surface area contributed by atoms with Crippen molar-refractivity contribution in [1.29, 1.82) is 0 Å². The quantitative estimate of drug-likeness (QED) is 0.779. The van der Waals surface area contributed by atoms with Crippen LogP contribution in [0.5, 0.6) is 0 Å². The van der Waals surface area contributed by atoms with Gasteiger partial charge in [0.15, 0.2) is 0 Å². The monoisotopic (exact) mass is 229 g/mol. The Labute approximate surface area is 97.6 Å². The second-order valence-corrected chi connectivity index (χ2v) is 4.70. The normalized spacial score (nSPS) is 36.2. The summed E-state index contributed by atoms with van der Waals surface area (Å²) in [5, 5.41) is 3.57. The van der Waals surface area contributed by atoms with Crippen LogP contribution in [0.25, 0.3) is 0 Å². The van der Waals surface area contributed by atoms with Gasteiger partial charge in [0.2, 0.25) is 0 Å². The summed E-state index contributed by atoms with van der Waals surface area (Å²) in [6.45, 7) is 3.11. The van der Waals surface area contributed by atoms with E-state index < -0.39 is 0 Å². The maximum absolute atomic E-state index is 5.60. The summed E-state index contributed by atoms with van der Waals surface area (Å²) in [5.41, 5.74) is 0. The Morgan fingerprint density at radius 3 is 3.00 bits per heavy atom. The van der Waals surface area contributed by atoms with Crippen molar-refractivity contribution in [2.45, 2.75) is 43.9 Å². The molecule has 4 heteroatoms. The summed E-state index contributed by atoms with van der Waals surface area (Å²) in [4.78, 5) is 0. The summed E-state index contributed by atoms with van der Waals surface area (Å²) < 4.78 is 16.4. The van der Waals surface area contributed by atoms with Crippen LogP contribution >= 0.6 is 0 Å². The minimum Gasteiger partial charge on any atom is -0.381 e. The Balaban J connectivity index is 1.64. The molecule has 16 heavy (non-hydrogen) atoms. The fourth-order valence-corrected chi connectivity index (χ4v) is 2.50. The fourth-order valence-electron chi connectivity index (χ4n) is 2.50. The number of rotatable bonds is 4. The van der Waals surface area contributed by atoms with Crippen LogP contribution < -0.4 is 5.32 Å². The Morgan fingerprint density at radius 1 is 1.31 bits per heavy atom. The number of ether oxygens (including phenoxy) is 3.